The van der Waals surface area contributed by atoms with Gasteiger partial charge in [-0.2, -0.15) is 0 Å². The van der Waals surface area contributed by atoms with E-state index in [0.717, 1.165) is 48.6 Å². The van der Waals surface area contributed by atoms with Crippen molar-refractivity contribution in [1.82, 2.24) is 24.9 Å². The summed E-state index contributed by atoms with van der Waals surface area (Å²) < 4.78 is 9.71. The van der Waals surface area contributed by atoms with Gasteiger partial charge < -0.3 is 10.1 Å². The van der Waals surface area contributed by atoms with Crippen LogP contribution in [0.25, 0.3) is 0 Å². The molecule has 3 rings (SSSR count). The molecule has 2 heterocycles. The Balaban J connectivity index is 1.50. The van der Waals surface area contributed by atoms with Gasteiger partial charge in [0.25, 0.3) is 5.91 Å². The minimum absolute atomic E-state index is 0.0792. The van der Waals surface area contributed by atoms with Gasteiger partial charge in [-0.15, -0.1) is 5.10 Å². The molecule has 1 saturated carbocycles. The van der Waals surface area contributed by atoms with Crippen molar-refractivity contribution in [3.8, 4) is 6.01 Å². The molecule has 7 nitrogen and oxygen atoms in total. The first-order valence-corrected chi connectivity index (χ1v) is 8.87. The number of hydrogen-bond acceptors (Lipinski definition) is 7. The van der Waals surface area contributed by atoms with E-state index in [1.807, 2.05) is 19.9 Å². The molecular formula is C16H21N5O2S. The Bertz CT molecular complexity index is 705. The van der Waals surface area contributed by atoms with Crippen LogP contribution >= 0.6 is 11.5 Å². The summed E-state index contributed by atoms with van der Waals surface area (Å²) in [5, 5.41) is 6.95. The second-order valence-corrected chi connectivity index (χ2v) is 6.94. The largest absolute Gasteiger partial charge is 0.460 e. The number of nitrogens with one attached hydrogen (secondary N) is 1. The second kappa shape index (κ2) is 7.21. The highest BCUT2D eigenvalue weighted by atomic mass is 32.1. The lowest BCUT2D eigenvalue weighted by molar-refractivity contribution is 0.0887. The highest BCUT2D eigenvalue weighted by Gasteiger charge is 2.25. The van der Waals surface area contributed by atoms with E-state index in [0.29, 0.717) is 16.6 Å². The average Bonchev–Trinajstić information content (AvgIpc) is 2.94. The van der Waals surface area contributed by atoms with E-state index < -0.39 is 0 Å². The highest BCUT2D eigenvalue weighted by Crippen LogP contribution is 2.23. The predicted molar refractivity (Wildman–Crippen MR) is 90.3 cm³/mol. The molecule has 0 radical (unpaired) electrons. The number of aromatic nitrogens is 4. The lowest BCUT2D eigenvalue weighted by Gasteiger charge is -2.28. The molecule has 1 aliphatic rings. The van der Waals surface area contributed by atoms with Crippen LogP contribution < -0.4 is 10.1 Å². The Kier molecular flexibility index (Phi) is 5.03. The first kappa shape index (κ1) is 16.8. The molecule has 0 bridgehead atoms. The van der Waals surface area contributed by atoms with Gasteiger partial charge >= 0.3 is 6.01 Å². The van der Waals surface area contributed by atoms with E-state index in [2.05, 4.69) is 24.9 Å². The number of nitrogens with zero attached hydrogens (tertiary/aromatic N) is 4. The van der Waals surface area contributed by atoms with Crippen molar-refractivity contribution in [3.05, 3.63) is 28.0 Å². The fraction of sp³-hybridized carbons (Fsp3) is 0.562. The van der Waals surface area contributed by atoms with E-state index in [-0.39, 0.29) is 18.1 Å². The van der Waals surface area contributed by atoms with Gasteiger partial charge in [0.15, 0.2) is 0 Å². The summed E-state index contributed by atoms with van der Waals surface area (Å²) in [6.45, 7) is 5.67. The lowest BCUT2D eigenvalue weighted by atomic mass is 9.93. The van der Waals surface area contributed by atoms with Crippen LogP contribution in [-0.2, 0) is 0 Å². The van der Waals surface area contributed by atoms with Crippen LogP contribution in [0.1, 0.15) is 52.4 Å². The Morgan fingerprint density at radius 3 is 2.42 bits per heavy atom. The van der Waals surface area contributed by atoms with Gasteiger partial charge in [-0.05, 0) is 64.1 Å². The summed E-state index contributed by atoms with van der Waals surface area (Å²) in [6.07, 6.45) is 3.62. The Labute approximate surface area is 145 Å². The van der Waals surface area contributed by atoms with Crippen LogP contribution in [-0.4, -0.2) is 37.6 Å². The molecular weight excluding hydrogens is 326 g/mol. The van der Waals surface area contributed by atoms with Crippen molar-refractivity contribution in [2.75, 3.05) is 0 Å². The quantitative estimate of drug-likeness (QED) is 0.913. The van der Waals surface area contributed by atoms with Crippen molar-refractivity contribution in [2.24, 2.45) is 0 Å². The maximum Gasteiger partial charge on any atom is 0.317 e. The molecule has 0 aromatic carbocycles. The lowest BCUT2D eigenvalue weighted by Crippen LogP contribution is -2.39. The van der Waals surface area contributed by atoms with Gasteiger partial charge in [-0.25, -0.2) is 9.97 Å². The molecule has 0 atom stereocenters. The van der Waals surface area contributed by atoms with Crippen molar-refractivity contribution in [2.45, 2.75) is 58.6 Å². The van der Waals surface area contributed by atoms with Gasteiger partial charge in [0, 0.05) is 17.4 Å². The number of rotatable bonds is 4. The summed E-state index contributed by atoms with van der Waals surface area (Å²) in [7, 11) is 0. The number of carbonyl (C=O) groups excluding carboxylic acids is 1. The van der Waals surface area contributed by atoms with E-state index in [1.54, 1.807) is 6.92 Å². The van der Waals surface area contributed by atoms with Gasteiger partial charge in [0.1, 0.15) is 11.0 Å². The maximum atomic E-state index is 12.2. The Morgan fingerprint density at radius 1 is 1.17 bits per heavy atom. The van der Waals surface area contributed by atoms with Crippen molar-refractivity contribution in [3.63, 3.8) is 0 Å². The van der Waals surface area contributed by atoms with E-state index in [9.17, 15) is 4.79 Å². The summed E-state index contributed by atoms with van der Waals surface area (Å²) in [6, 6.07) is 2.54. The molecule has 2 aromatic heterocycles. The van der Waals surface area contributed by atoms with Gasteiger partial charge in [0.05, 0.1) is 5.69 Å². The standard InChI is InChI=1S/C16H21N5O2S/c1-9-8-10(2)18-16(17-9)23-13-6-4-12(5-7-13)19-15(22)14-11(3)20-21-24-14/h8,12-13H,4-7H2,1-3H3,(H,19,22). The fourth-order valence-electron chi connectivity index (χ4n) is 2.91. The number of ether oxygens (including phenoxy) is 1. The third-order valence-electron chi connectivity index (χ3n) is 4.10. The van der Waals surface area contributed by atoms with Gasteiger partial charge in [-0.1, -0.05) is 4.49 Å². The van der Waals surface area contributed by atoms with Crippen LogP contribution in [0, 0.1) is 20.8 Å². The fourth-order valence-corrected chi connectivity index (χ4v) is 3.47. The highest BCUT2D eigenvalue weighted by molar-refractivity contribution is 7.08. The average molecular weight is 347 g/mol. The van der Waals surface area contributed by atoms with Gasteiger partial charge in [0.2, 0.25) is 0 Å². The summed E-state index contributed by atoms with van der Waals surface area (Å²) >= 11 is 1.14. The van der Waals surface area contributed by atoms with Crippen LogP contribution in [0.3, 0.4) is 0 Å². The van der Waals surface area contributed by atoms with Crippen molar-refractivity contribution >= 4 is 17.4 Å². The molecule has 0 saturated heterocycles. The summed E-state index contributed by atoms with van der Waals surface area (Å²) in [5.41, 5.74) is 2.50. The SMILES string of the molecule is Cc1cc(C)nc(OC2CCC(NC(=O)c3snnc3C)CC2)n1. The van der Waals surface area contributed by atoms with Crippen LogP contribution in [0.5, 0.6) is 6.01 Å². The van der Waals surface area contributed by atoms with Gasteiger partial charge in [-0.3, -0.25) is 4.79 Å². The smallest absolute Gasteiger partial charge is 0.317 e. The second-order valence-electron chi connectivity index (χ2n) is 6.19. The zero-order valence-electron chi connectivity index (χ0n) is 14.1. The molecule has 0 spiro atoms. The molecule has 2 aromatic rings. The topological polar surface area (TPSA) is 89.9 Å². The molecule has 8 heteroatoms. The minimum Gasteiger partial charge on any atom is -0.460 e. The first-order valence-electron chi connectivity index (χ1n) is 8.10. The predicted octanol–water partition coefficient (Wildman–Crippen LogP) is 2.37. The third kappa shape index (κ3) is 4.05. The maximum absolute atomic E-state index is 12.2. The molecule has 24 heavy (non-hydrogen) atoms. The molecule has 1 aliphatic carbocycles. The van der Waals surface area contributed by atoms with E-state index in [4.69, 9.17) is 4.74 Å². The van der Waals surface area contributed by atoms with Crippen LogP contribution in [0.15, 0.2) is 6.07 Å². The van der Waals surface area contributed by atoms with Crippen molar-refractivity contribution < 1.29 is 9.53 Å². The number of aryl methyl sites for hydroxylation is 3. The third-order valence-corrected chi connectivity index (χ3v) is 4.93. The number of amides is 1. The van der Waals surface area contributed by atoms with E-state index >= 15 is 0 Å². The first-order chi connectivity index (χ1) is 11.5. The minimum atomic E-state index is -0.0792. The number of hydrogen-bond donors (Lipinski definition) is 1. The monoisotopic (exact) mass is 347 g/mol. The Hall–Kier alpha value is -2.09. The molecule has 1 amide bonds. The molecule has 1 N–H and O–H groups in total. The zero-order valence-corrected chi connectivity index (χ0v) is 14.9. The Morgan fingerprint density at radius 2 is 1.83 bits per heavy atom. The van der Waals surface area contributed by atoms with Crippen molar-refractivity contribution in [1.29, 1.82) is 0 Å². The summed E-state index contributed by atoms with van der Waals surface area (Å²) in [4.78, 5) is 21.5. The van der Waals surface area contributed by atoms with Crippen LogP contribution in [0.2, 0.25) is 0 Å². The molecule has 1 fully saturated rings. The zero-order chi connectivity index (χ0) is 17.1. The van der Waals surface area contributed by atoms with E-state index in [1.165, 1.54) is 0 Å². The molecule has 128 valence electrons. The summed E-state index contributed by atoms with van der Waals surface area (Å²) in [5.74, 6) is -0.0792. The normalized spacial score (nSPS) is 20.6. The van der Waals surface area contributed by atoms with Crippen LogP contribution in [0.4, 0.5) is 0 Å². The molecule has 0 unspecified atom stereocenters. The molecule has 0 aliphatic heterocycles. The number of carbonyl (C=O) groups is 1.